The van der Waals surface area contributed by atoms with Gasteiger partial charge < -0.3 is 9.13 Å². The molecule has 0 atom stereocenters. The molecule has 0 aliphatic rings. The van der Waals surface area contributed by atoms with Gasteiger partial charge >= 0.3 is 0 Å². The molecule has 0 spiro atoms. The Morgan fingerprint density at radius 1 is 0.196 bits per heavy atom. The van der Waals surface area contributed by atoms with Crippen LogP contribution in [-0.4, -0.2) is 9.13 Å². The number of rotatable bonds is 6. The van der Waals surface area contributed by atoms with Gasteiger partial charge in [-0.3, -0.25) is 0 Å². The number of hydrogen-bond acceptors (Lipinski definition) is 0. The van der Waals surface area contributed by atoms with Gasteiger partial charge in [0.05, 0.1) is 22.1 Å². The van der Waals surface area contributed by atoms with Crippen LogP contribution in [0.2, 0.25) is 0 Å². The molecule has 262 valence electrons. The quantitative estimate of drug-likeness (QED) is 0.162. The lowest BCUT2D eigenvalue weighted by atomic mass is 9.96. The van der Waals surface area contributed by atoms with Crippen molar-refractivity contribution in [2.24, 2.45) is 0 Å². The normalized spacial score (nSPS) is 11.6. The molecule has 0 bridgehead atoms. The molecule has 9 aromatic carbocycles. The summed E-state index contributed by atoms with van der Waals surface area (Å²) >= 11 is 0. The van der Waals surface area contributed by atoms with Crippen LogP contribution >= 0.6 is 0 Å². The smallest absolute Gasteiger partial charge is 0.0547 e. The van der Waals surface area contributed by atoms with Crippen molar-refractivity contribution in [3.8, 4) is 55.9 Å². The van der Waals surface area contributed by atoms with Crippen LogP contribution in [0.5, 0.6) is 0 Å². The molecule has 0 amide bonds. The van der Waals surface area contributed by atoms with Crippen molar-refractivity contribution in [1.82, 2.24) is 9.13 Å². The van der Waals surface area contributed by atoms with E-state index in [4.69, 9.17) is 0 Å². The minimum atomic E-state index is 1.15. The summed E-state index contributed by atoms with van der Waals surface area (Å²) in [5.41, 5.74) is 16.8. The third-order valence-corrected chi connectivity index (χ3v) is 11.3. The highest BCUT2D eigenvalue weighted by atomic mass is 15.0. The molecule has 0 saturated heterocycles. The molecular formula is C54H36N2. The number of nitrogens with zero attached hydrogens (tertiary/aromatic N) is 2. The van der Waals surface area contributed by atoms with Crippen LogP contribution in [0.4, 0.5) is 0 Å². The third kappa shape index (κ3) is 5.34. The van der Waals surface area contributed by atoms with Crippen molar-refractivity contribution >= 4 is 43.6 Å². The minimum absolute atomic E-state index is 1.15. The summed E-state index contributed by atoms with van der Waals surface area (Å²) < 4.78 is 4.79. The number of hydrogen-bond donors (Lipinski definition) is 0. The van der Waals surface area contributed by atoms with Crippen LogP contribution in [0.3, 0.4) is 0 Å². The Balaban J connectivity index is 1.04. The van der Waals surface area contributed by atoms with Gasteiger partial charge in [-0.15, -0.1) is 0 Å². The number of aromatic nitrogens is 2. The molecule has 0 aliphatic heterocycles. The minimum Gasteiger partial charge on any atom is -0.309 e. The molecule has 2 nitrogen and oxygen atoms in total. The number of benzene rings is 9. The van der Waals surface area contributed by atoms with E-state index in [0.29, 0.717) is 0 Å². The molecule has 0 fully saturated rings. The van der Waals surface area contributed by atoms with Crippen LogP contribution in [-0.2, 0) is 0 Å². The van der Waals surface area contributed by atoms with Crippen LogP contribution in [0, 0.1) is 0 Å². The molecule has 0 aliphatic carbocycles. The Hall–Kier alpha value is -7.42. The molecule has 0 unspecified atom stereocenters. The molecule has 11 aromatic rings. The van der Waals surface area contributed by atoms with E-state index >= 15 is 0 Å². The van der Waals surface area contributed by atoms with E-state index in [0.717, 1.165) is 5.69 Å². The second kappa shape index (κ2) is 13.2. The van der Waals surface area contributed by atoms with Gasteiger partial charge in [-0.25, -0.2) is 0 Å². The summed E-state index contributed by atoms with van der Waals surface area (Å²) in [5.74, 6) is 0. The SMILES string of the molecule is c1ccc(-c2cccc(-c3cccc(-c4ccc5c6cc(-c7ccc8c(c7)c7ccccc7n8-c7ccccc7)ccc6n(-c6ccccc6)c5c4)c3)c2)cc1. The molecule has 2 aromatic heterocycles. The Labute approximate surface area is 325 Å². The predicted octanol–water partition coefficient (Wildman–Crippen LogP) is 14.5. The van der Waals surface area contributed by atoms with E-state index in [2.05, 4.69) is 228 Å². The van der Waals surface area contributed by atoms with Crippen molar-refractivity contribution in [2.45, 2.75) is 0 Å². The maximum atomic E-state index is 2.42. The molecule has 56 heavy (non-hydrogen) atoms. The Bertz CT molecular complexity index is 3220. The summed E-state index contributed by atoms with van der Waals surface area (Å²) in [6.07, 6.45) is 0. The summed E-state index contributed by atoms with van der Waals surface area (Å²) in [6.45, 7) is 0. The fraction of sp³-hybridized carbons (Fsp3) is 0. The van der Waals surface area contributed by atoms with E-state index in [-0.39, 0.29) is 0 Å². The monoisotopic (exact) mass is 712 g/mol. The van der Waals surface area contributed by atoms with Gasteiger partial charge in [0.2, 0.25) is 0 Å². The second-order valence-corrected chi connectivity index (χ2v) is 14.6. The van der Waals surface area contributed by atoms with E-state index in [1.54, 1.807) is 0 Å². The molecule has 11 rings (SSSR count). The van der Waals surface area contributed by atoms with Gasteiger partial charge in [-0.05, 0) is 117 Å². The highest BCUT2D eigenvalue weighted by molar-refractivity contribution is 6.13. The predicted molar refractivity (Wildman–Crippen MR) is 237 cm³/mol. The summed E-state index contributed by atoms with van der Waals surface area (Å²) in [7, 11) is 0. The number of para-hydroxylation sites is 3. The zero-order valence-electron chi connectivity index (χ0n) is 30.7. The van der Waals surface area contributed by atoms with Gasteiger partial charge in [-0.2, -0.15) is 0 Å². The van der Waals surface area contributed by atoms with Crippen molar-refractivity contribution < 1.29 is 0 Å². The molecule has 2 heteroatoms. The van der Waals surface area contributed by atoms with Gasteiger partial charge in [0.15, 0.2) is 0 Å². The molecule has 2 heterocycles. The number of fused-ring (bicyclic) bond motifs is 6. The van der Waals surface area contributed by atoms with Crippen LogP contribution in [0.25, 0.3) is 99.5 Å². The Morgan fingerprint density at radius 2 is 0.571 bits per heavy atom. The van der Waals surface area contributed by atoms with Gasteiger partial charge in [-0.1, -0.05) is 146 Å². The van der Waals surface area contributed by atoms with Crippen LogP contribution in [0.15, 0.2) is 218 Å². The van der Waals surface area contributed by atoms with E-state index < -0.39 is 0 Å². The largest absolute Gasteiger partial charge is 0.309 e. The van der Waals surface area contributed by atoms with Gasteiger partial charge in [0, 0.05) is 32.9 Å². The van der Waals surface area contributed by atoms with Crippen molar-refractivity contribution in [1.29, 1.82) is 0 Å². The van der Waals surface area contributed by atoms with Crippen molar-refractivity contribution in [3.63, 3.8) is 0 Å². The van der Waals surface area contributed by atoms with Crippen LogP contribution in [0.1, 0.15) is 0 Å². The van der Waals surface area contributed by atoms with Crippen molar-refractivity contribution in [2.75, 3.05) is 0 Å². The lowest BCUT2D eigenvalue weighted by Gasteiger charge is -2.11. The standard InChI is InChI=1S/C54H36N2/c1-4-14-37(15-5-1)38-16-12-17-39(32-38)40-18-13-19-41(33-40)44-26-29-48-50-35-43(28-31-53(50)56(54(48)36-44)46-22-8-3-9-23-46)42-27-30-52-49(34-42)47-24-10-11-25-51(47)55(52)45-20-6-2-7-21-45/h1-36H. The maximum absolute atomic E-state index is 2.42. The average molecular weight is 713 g/mol. The summed E-state index contributed by atoms with van der Waals surface area (Å²) in [4.78, 5) is 0. The van der Waals surface area contributed by atoms with E-state index in [1.807, 2.05) is 0 Å². The molecule has 0 N–H and O–H groups in total. The second-order valence-electron chi connectivity index (χ2n) is 14.6. The fourth-order valence-corrected chi connectivity index (χ4v) is 8.63. The van der Waals surface area contributed by atoms with E-state index in [9.17, 15) is 0 Å². The maximum Gasteiger partial charge on any atom is 0.0547 e. The first-order valence-corrected chi connectivity index (χ1v) is 19.3. The third-order valence-electron chi connectivity index (χ3n) is 11.3. The lowest BCUT2D eigenvalue weighted by Crippen LogP contribution is -1.93. The molecular weight excluding hydrogens is 677 g/mol. The highest BCUT2D eigenvalue weighted by Crippen LogP contribution is 2.40. The lowest BCUT2D eigenvalue weighted by molar-refractivity contribution is 1.18. The van der Waals surface area contributed by atoms with Gasteiger partial charge in [0.1, 0.15) is 0 Å². The van der Waals surface area contributed by atoms with Crippen molar-refractivity contribution in [3.05, 3.63) is 218 Å². The van der Waals surface area contributed by atoms with E-state index in [1.165, 1.54) is 93.8 Å². The molecule has 0 saturated carbocycles. The summed E-state index contributed by atoms with van der Waals surface area (Å²) in [6, 6.07) is 79.4. The summed E-state index contributed by atoms with van der Waals surface area (Å²) in [5, 5.41) is 5.00. The first kappa shape index (κ1) is 32.0. The fourth-order valence-electron chi connectivity index (χ4n) is 8.63. The zero-order valence-corrected chi connectivity index (χ0v) is 30.7. The highest BCUT2D eigenvalue weighted by Gasteiger charge is 2.17. The first-order valence-electron chi connectivity index (χ1n) is 19.3. The first-order chi connectivity index (χ1) is 27.8. The molecule has 0 radical (unpaired) electrons. The average Bonchev–Trinajstić information content (AvgIpc) is 3.79. The van der Waals surface area contributed by atoms with Gasteiger partial charge in [0.25, 0.3) is 0 Å². The zero-order chi connectivity index (χ0) is 37.0. The topological polar surface area (TPSA) is 9.86 Å². The Kier molecular flexibility index (Phi) is 7.53. The Morgan fingerprint density at radius 3 is 1.14 bits per heavy atom. The van der Waals surface area contributed by atoms with Crippen LogP contribution < -0.4 is 0 Å².